The van der Waals surface area contributed by atoms with Crippen LogP contribution in [-0.4, -0.2) is 16.8 Å². The molecule has 0 saturated heterocycles. The van der Waals surface area contributed by atoms with Crippen LogP contribution in [0.1, 0.15) is 25.7 Å². The van der Waals surface area contributed by atoms with Gasteiger partial charge in [-0.25, -0.2) is 13.8 Å². The number of fused-ring (bicyclic) bond motifs is 1. The number of benzene rings is 2. The Bertz CT molecular complexity index is 902. The van der Waals surface area contributed by atoms with E-state index in [1.165, 1.54) is 17.0 Å². The molecule has 0 spiro atoms. The second-order valence-electron chi connectivity index (χ2n) is 6.99. The molecule has 1 saturated carbocycles. The molecule has 0 radical (unpaired) electrons. The first kappa shape index (κ1) is 21.2. The van der Waals surface area contributed by atoms with Gasteiger partial charge in [-0.05, 0) is 47.7 Å². The van der Waals surface area contributed by atoms with E-state index in [9.17, 15) is 13.6 Å². The third-order valence-electron chi connectivity index (χ3n) is 4.79. The van der Waals surface area contributed by atoms with E-state index in [0.717, 1.165) is 11.9 Å². The van der Waals surface area contributed by atoms with Crippen molar-refractivity contribution in [1.29, 1.82) is 0 Å². The summed E-state index contributed by atoms with van der Waals surface area (Å²) in [6.07, 6.45) is 1.90. The third kappa shape index (κ3) is 6.24. The van der Waals surface area contributed by atoms with E-state index in [-0.39, 0.29) is 18.7 Å². The fourth-order valence-corrected chi connectivity index (χ4v) is 3.64. The van der Waals surface area contributed by atoms with E-state index in [4.69, 9.17) is 5.14 Å². The fourth-order valence-electron chi connectivity index (χ4n) is 3.32. The Hall–Kier alpha value is -2.51. The van der Waals surface area contributed by atoms with Crippen LogP contribution < -0.4 is 10.5 Å². The highest BCUT2D eigenvalue weighted by atomic mass is 32.2. The molecule has 4 rings (SSSR count). The average molecular weight is 416 g/mol. The first-order valence-corrected chi connectivity index (χ1v) is 10.3. The molecule has 152 valence electrons. The summed E-state index contributed by atoms with van der Waals surface area (Å²) in [5.74, 6) is -3.72. The lowest BCUT2D eigenvalue weighted by molar-refractivity contribution is -0.127. The van der Waals surface area contributed by atoms with Crippen molar-refractivity contribution in [2.24, 2.45) is 11.1 Å². The number of alkyl halides is 2. The SMILES string of the molecule is NSc1cc(NC(=O)[C@H]2CCCC(F)(F)C2)ccn1.c1ccc2ccccc2c1. The van der Waals surface area contributed by atoms with Crippen molar-refractivity contribution < 1.29 is 13.6 Å². The summed E-state index contributed by atoms with van der Waals surface area (Å²) >= 11 is 0.963. The number of nitrogens with zero attached hydrogens (tertiary/aromatic N) is 1. The van der Waals surface area contributed by atoms with Crippen molar-refractivity contribution >= 4 is 34.3 Å². The van der Waals surface area contributed by atoms with Crippen molar-refractivity contribution in [3.63, 3.8) is 0 Å². The number of aromatic nitrogens is 1. The topological polar surface area (TPSA) is 68.0 Å². The highest BCUT2D eigenvalue weighted by molar-refractivity contribution is 7.97. The zero-order valence-electron chi connectivity index (χ0n) is 15.9. The molecule has 1 heterocycles. The Morgan fingerprint density at radius 2 is 1.72 bits per heavy atom. The number of carbonyl (C=O) groups excluding carboxylic acids is 1. The predicted octanol–water partition coefficient (Wildman–Crippen LogP) is 5.65. The molecule has 1 aromatic heterocycles. The van der Waals surface area contributed by atoms with Crippen LogP contribution in [0, 0.1) is 5.92 Å². The first-order valence-electron chi connectivity index (χ1n) is 9.42. The third-order valence-corrected chi connectivity index (χ3v) is 5.26. The minimum Gasteiger partial charge on any atom is -0.326 e. The maximum absolute atomic E-state index is 13.3. The van der Waals surface area contributed by atoms with Crippen molar-refractivity contribution in [2.45, 2.75) is 36.6 Å². The van der Waals surface area contributed by atoms with Crippen LogP contribution in [0.2, 0.25) is 0 Å². The summed E-state index contributed by atoms with van der Waals surface area (Å²) < 4.78 is 26.5. The Morgan fingerprint density at radius 3 is 2.28 bits per heavy atom. The Morgan fingerprint density at radius 1 is 1.10 bits per heavy atom. The van der Waals surface area contributed by atoms with Gasteiger partial charge in [0, 0.05) is 30.6 Å². The number of rotatable bonds is 3. The molecule has 0 bridgehead atoms. The van der Waals surface area contributed by atoms with Gasteiger partial charge in [0.25, 0.3) is 0 Å². The van der Waals surface area contributed by atoms with Crippen LogP contribution in [0.25, 0.3) is 10.8 Å². The molecular formula is C22H23F2N3OS. The maximum Gasteiger partial charge on any atom is 0.248 e. The van der Waals surface area contributed by atoms with E-state index in [0.29, 0.717) is 23.6 Å². The van der Waals surface area contributed by atoms with E-state index < -0.39 is 11.8 Å². The highest BCUT2D eigenvalue weighted by Crippen LogP contribution is 2.37. The minimum absolute atomic E-state index is 0.125. The Labute approximate surface area is 173 Å². The molecule has 4 nitrogen and oxygen atoms in total. The summed E-state index contributed by atoms with van der Waals surface area (Å²) in [6, 6.07) is 19.9. The quantitative estimate of drug-likeness (QED) is 0.542. The molecule has 0 unspecified atom stereocenters. The van der Waals surface area contributed by atoms with Gasteiger partial charge in [-0.3, -0.25) is 9.93 Å². The van der Waals surface area contributed by atoms with Crippen molar-refractivity contribution in [3.05, 3.63) is 66.9 Å². The van der Waals surface area contributed by atoms with Gasteiger partial charge in [0.1, 0.15) is 5.03 Å². The lowest BCUT2D eigenvalue weighted by Crippen LogP contribution is -2.33. The van der Waals surface area contributed by atoms with Crippen LogP contribution in [0.5, 0.6) is 0 Å². The number of hydrogen-bond acceptors (Lipinski definition) is 4. The van der Waals surface area contributed by atoms with Gasteiger partial charge in [0.2, 0.25) is 11.8 Å². The lowest BCUT2D eigenvalue weighted by Gasteiger charge is -2.27. The standard InChI is InChI=1S/C12H15F2N3OS.C10H8/c13-12(14)4-1-2-8(7-12)11(18)17-9-3-5-16-10(6-9)19-15;1-2-6-10-8-4-3-7-9(10)5-1/h3,5-6,8H,1-2,4,7,15H2,(H,16,17,18);1-8H/t8-;/m0./s1. The van der Waals surface area contributed by atoms with Crippen molar-refractivity contribution in [1.82, 2.24) is 4.98 Å². The number of halogens is 2. The number of anilines is 1. The van der Waals surface area contributed by atoms with Gasteiger partial charge in [-0.2, -0.15) is 0 Å². The smallest absolute Gasteiger partial charge is 0.248 e. The molecular weight excluding hydrogens is 392 g/mol. The molecule has 29 heavy (non-hydrogen) atoms. The molecule has 3 aromatic rings. The molecule has 1 amide bonds. The minimum atomic E-state index is -2.73. The predicted molar refractivity (Wildman–Crippen MR) is 114 cm³/mol. The summed E-state index contributed by atoms with van der Waals surface area (Å²) in [5.41, 5.74) is 0.529. The van der Waals surface area contributed by atoms with E-state index >= 15 is 0 Å². The Balaban J connectivity index is 0.000000200. The largest absolute Gasteiger partial charge is 0.326 e. The average Bonchev–Trinajstić information content (AvgIpc) is 2.74. The van der Waals surface area contributed by atoms with Crippen LogP contribution >= 0.6 is 11.9 Å². The molecule has 1 aliphatic carbocycles. The molecule has 3 N–H and O–H groups in total. The molecule has 1 atom stereocenters. The first-order chi connectivity index (χ1) is 14.0. The molecule has 1 fully saturated rings. The second kappa shape index (κ2) is 9.80. The van der Waals surface area contributed by atoms with Gasteiger partial charge < -0.3 is 5.32 Å². The number of hydrogen-bond donors (Lipinski definition) is 2. The fraction of sp³-hybridized carbons (Fsp3) is 0.273. The number of nitrogens with two attached hydrogens (primary N) is 1. The summed E-state index contributed by atoms with van der Waals surface area (Å²) in [4.78, 5) is 15.9. The highest BCUT2D eigenvalue weighted by Gasteiger charge is 2.39. The van der Waals surface area contributed by atoms with Crippen LogP contribution in [0.4, 0.5) is 14.5 Å². The van der Waals surface area contributed by atoms with Gasteiger partial charge >= 0.3 is 0 Å². The zero-order chi connectivity index (χ0) is 20.7. The van der Waals surface area contributed by atoms with Gasteiger partial charge in [-0.15, -0.1) is 0 Å². The summed E-state index contributed by atoms with van der Waals surface area (Å²) in [7, 11) is 0. The number of nitrogens with one attached hydrogen (secondary N) is 1. The normalized spacial score (nSPS) is 17.8. The van der Waals surface area contributed by atoms with Crippen LogP contribution in [0.15, 0.2) is 71.9 Å². The Kier molecular flexibility index (Phi) is 7.17. The molecule has 1 aliphatic rings. The van der Waals surface area contributed by atoms with Gasteiger partial charge in [0.05, 0.1) is 0 Å². The second-order valence-corrected chi connectivity index (χ2v) is 7.64. The monoisotopic (exact) mass is 415 g/mol. The summed E-state index contributed by atoms with van der Waals surface area (Å²) in [5, 5.41) is 11.2. The van der Waals surface area contributed by atoms with Crippen molar-refractivity contribution in [2.75, 3.05) is 5.32 Å². The number of carbonyl (C=O) groups is 1. The van der Waals surface area contributed by atoms with E-state index in [1.54, 1.807) is 12.1 Å². The summed E-state index contributed by atoms with van der Waals surface area (Å²) in [6.45, 7) is 0. The van der Waals surface area contributed by atoms with Crippen molar-refractivity contribution in [3.8, 4) is 0 Å². The maximum atomic E-state index is 13.3. The van der Waals surface area contributed by atoms with Crippen LogP contribution in [-0.2, 0) is 4.79 Å². The number of amides is 1. The molecule has 7 heteroatoms. The molecule has 2 aromatic carbocycles. The van der Waals surface area contributed by atoms with E-state index in [1.807, 2.05) is 0 Å². The van der Waals surface area contributed by atoms with Gasteiger partial charge in [-0.1, -0.05) is 48.5 Å². The van der Waals surface area contributed by atoms with Gasteiger partial charge in [0.15, 0.2) is 0 Å². The van der Waals surface area contributed by atoms with Crippen LogP contribution in [0.3, 0.4) is 0 Å². The lowest BCUT2D eigenvalue weighted by atomic mass is 9.86. The van der Waals surface area contributed by atoms with E-state index in [2.05, 4.69) is 58.8 Å². The number of pyridine rings is 1. The molecule has 0 aliphatic heterocycles. The zero-order valence-corrected chi connectivity index (χ0v) is 16.7.